The highest BCUT2D eigenvalue weighted by Gasteiger charge is 2.44. The molecule has 1 aliphatic rings. The minimum absolute atomic E-state index is 0.0937. The second-order valence-corrected chi connectivity index (χ2v) is 6.84. The fraction of sp³-hybridized carbons (Fsp3) is 0.174. The number of Topliss-reactive ketones (excluding diaryl/α,β-unsaturated/α-hetero) is 1. The first kappa shape index (κ1) is 18.7. The molecule has 1 N–H and O–H groups in total. The molecule has 6 heteroatoms. The largest absolute Gasteiger partial charge is 0.503 e. The van der Waals surface area contributed by atoms with Crippen LogP contribution in [0, 0.1) is 0 Å². The van der Waals surface area contributed by atoms with Gasteiger partial charge in [0.15, 0.2) is 11.5 Å². The molecule has 1 unspecified atom stereocenters. The predicted molar refractivity (Wildman–Crippen MR) is 106 cm³/mol. The molecule has 146 valence electrons. The van der Waals surface area contributed by atoms with Crippen molar-refractivity contribution in [3.63, 3.8) is 0 Å². The van der Waals surface area contributed by atoms with Gasteiger partial charge in [-0.1, -0.05) is 36.4 Å². The molecule has 3 heterocycles. The van der Waals surface area contributed by atoms with Crippen LogP contribution in [0.4, 0.5) is 0 Å². The molecule has 0 saturated carbocycles. The van der Waals surface area contributed by atoms with E-state index in [-0.39, 0.29) is 24.3 Å². The van der Waals surface area contributed by atoms with E-state index in [4.69, 9.17) is 4.42 Å². The van der Waals surface area contributed by atoms with E-state index in [1.165, 1.54) is 11.2 Å². The number of rotatable bonds is 7. The van der Waals surface area contributed by atoms with E-state index < -0.39 is 17.7 Å². The van der Waals surface area contributed by atoms with Crippen LogP contribution in [0.25, 0.3) is 0 Å². The Bertz CT molecular complexity index is 1030. The molecule has 0 spiro atoms. The highest BCUT2D eigenvalue weighted by Crippen LogP contribution is 2.38. The first-order valence-electron chi connectivity index (χ1n) is 9.39. The lowest BCUT2D eigenvalue weighted by Crippen LogP contribution is -2.31. The third kappa shape index (κ3) is 3.82. The molecule has 6 nitrogen and oxygen atoms in total. The van der Waals surface area contributed by atoms with Crippen LogP contribution in [-0.2, 0) is 22.6 Å². The Hall–Kier alpha value is -3.67. The zero-order valence-electron chi connectivity index (χ0n) is 15.7. The number of aliphatic hydroxyl groups is 1. The Morgan fingerprint density at radius 1 is 1.07 bits per heavy atom. The number of hydrogen-bond acceptors (Lipinski definition) is 5. The summed E-state index contributed by atoms with van der Waals surface area (Å²) < 4.78 is 5.36. The number of nitrogens with zero attached hydrogens (tertiary/aromatic N) is 2. The molecule has 1 aromatic carbocycles. The summed E-state index contributed by atoms with van der Waals surface area (Å²) in [7, 11) is 0. The molecule has 3 aromatic rings. The van der Waals surface area contributed by atoms with Crippen LogP contribution in [-0.4, -0.2) is 26.7 Å². The first-order valence-corrected chi connectivity index (χ1v) is 9.39. The number of carbonyl (C=O) groups is 2. The Kier molecular flexibility index (Phi) is 5.24. The maximum atomic E-state index is 13.1. The maximum absolute atomic E-state index is 13.1. The number of carbonyl (C=O) groups excluding carboxylic acids is 2. The van der Waals surface area contributed by atoms with Crippen molar-refractivity contribution in [2.24, 2.45) is 0 Å². The molecule has 0 fully saturated rings. The number of amides is 1. The first-order chi connectivity index (χ1) is 14.1. The number of aromatic nitrogens is 1. The third-order valence-electron chi connectivity index (χ3n) is 4.96. The summed E-state index contributed by atoms with van der Waals surface area (Å²) in [4.78, 5) is 31.6. The summed E-state index contributed by atoms with van der Waals surface area (Å²) in [6.07, 6.45) is 3.84. The van der Waals surface area contributed by atoms with Gasteiger partial charge in [0.25, 0.3) is 5.91 Å². The summed E-state index contributed by atoms with van der Waals surface area (Å²) in [5, 5.41) is 10.6. The van der Waals surface area contributed by atoms with Gasteiger partial charge in [-0.2, -0.15) is 0 Å². The SMILES string of the molecule is O=C(CCc1ccccc1)C1=C(O)C(=O)N(Cc2ccco2)C1c1ccccn1. The average molecular weight is 388 g/mol. The standard InChI is InChI=1S/C23H20N2O4/c26-19(12-11-16-7-2-1-3-8-16)20-21(18-10-4-5-13-24-18)25(23(28)22(20)27)15-17-9-6-14-29-17/h1-10,13-14,21,27H,11-12,15H2. The van der Waals surface area contributed by atoms with Gasteiger partial charge in [0, 0.05) is 12.6 Å². The number of benzene rings is 1. The second-order valence-electron chi connectivity index (χ2n) is 6.84. The molecule has 0 bridgehead atoms. The summed E-state index contributed by atoms with van der Waals surface area (Å²) >= 11 is 0. The van der Waals surface area contributed by atoms with Gasteiger partial charge in [0.1, 0.15) is 11.8 Å². The molecule has 4 rings (SSSR count). The van der Waals surface area contributed by atoms with Crippen LogP contribution in [0.15, 0.2) is 88.9 Å². The fourth-order valence-electron chi connectivity index (χ4n) is 3.55. The minimum Gasteiger partial charge on any atom is -0.503 e. The summed E-state index contributed by atoms with van der Waals surface area (Å²) in [5.74, 6) is -0.812. The third-order valence-corrected chi connectivity index (χ3v) is 4.96. The zero-order chi connectivity index (χ0) is 20.2. The Morgan fingerprint density at radius 3 is 2.55 bits per heavy atom. The Labute approximate surface area is 168 Å². The molecular weight excluding hydrogens is 368 g/mol. The van der Waals surface area contributed by atoms with Crippen LogP contribution >= 0.6 is 0 Å². The van der Waals surface area contributed by atoms with Crippen LogP contribution < -0.4 is 0 Å². The normalized spacial score (nSPS) is 16.5. The topological polar surface area (TPSA) is 83.6 Å². The number of pyridine rings is 1. The quantitative estimate of drug-likeness (QED) is 0.666. The monoisotopic (exact) mass is 388 g/mol. The molecule has 0 radical (unpaired) electrons. The highest BCUT2D eigenvalue weighted by atomic mass is 16.3. The van der Waals surface area contributed by atoms with Gasteiger partial charge < -0.3 is 14.4 Å². The molecule has 1 atom stereocenters. The van der Waals surface area contributed by atoms with E-state index >= 15 is 0 Å². The van der Waals surface area contributed by atoms with Crippen LogP contribution in [0.3, 0.4) is 0 Å². The summed E-state index contributed by atoms with van der Waals surface area (Å²) in [6.45, 7) is 0.132. The number of aryl methyl sites for hydroxylation is 1. The Morgan fingerprint density at radius 2 is 1.86 bits per heavy atom. The van der Waals surface area contributed by atoms with Gasteiger partial charge in [-0.05, 0) is 36.2 Å². The van der Waals surface area contributed by atoms with E-state index in [1.807, 2.05) is 30.3 Å². The minimum atomic E-state index is -0.753. The van der Waals surface area contributed by atoms with Crippen molar-refractivity contribution < 1.29 is 19.1 Å². The summed E-state index contributed by atoms with van der Waals surface area (Å²) in [6, 6.07) is 17.7. The van der Waals surface area contributed by atoms with E-state index in [0.717, 1.165) is 5.56 Å². The van der Waals surface area contributed by atoms with Gasteiger partial charge in [0.2, 0.25) is 0 Å². The lowest BCUT2D eigenvalue weighted by Gasteiger charge is -2.25. The van der Waals surface area contributed by atoms with E-state index in [2.05, 4.69) is 4.98 Å². The number of ketones is 1. The zero-order valence-corrected chi connectivity index (χ0v) is 15.7. The second kappa shape index (κ2) is 8.14. The van der Waals surface area contributed by atoms with Crippen LogP contribution in [0.2, 0.25) is 0 Å². The molecule has 0 aliphatic carbocycles. The molecule has 1 amide bonds. The van der Waals surface area contributed by atoms with Crippen molar-refractivity contribution in [3.05, 3.63) is 101 Å². The van der Waals surface area contributed by atoms with Crippen molar-refractivity contribution in [1.29, 1.82) is 0 Å². The van der Waals surface area contributed by atoms with Crippen molar-refractivity contribution in [2.75, 3.05) is 0 Å². The smallest absolute Gasteiger partial charge is 0.290 e. The molecule has 2 aromatic heterocycles. The van der Waals surface area contributed by atoms with Gasteiger partial charge in [0.05, 0.1) is 24.1 Å². The van der Waals surface area contributed by atoms with Crippen molar-refractivity contribution in [1.82, 2.24) is 9.88 Å². The molecule has 1 aliphatic heterocycles. The van der Waals surface area contributed by atoms with Crippen LogP contribution in [0.5, 0.6) is 0 Å². The molecule has 29 heavy (non-hydrogen) atoms. The molecular formula is C23H20N2O4. The lowest BCUT2D eigenvalue weighted by atomic mass is 9.95. The number of hydrogen-bond donors (Lipinski definition) is 1. The predicted octanol–water partition coefficient (Wildman–Crippen LogP) is 3.77. The molecule has 0 saturated heterocycles. The Balaban J connectivity index is 1.64. The van der Waals surface area contributed by atoms with E-state index in [0.29, 0.717) is 17.9 Å². The number of furan rings is 1. The van der Waals surface area contributed by atoms with E-state index in [9.17, 15) is 14.7 Å². The summed E-state index contributed by atoms with van der Waals surface area (Å²) in [5.41, 5.74) is 1.64. The lowest BCUT2D eigenvalue weighted by molar-refractivity contribution is -0.130. The average Bonchev–Trinajstić information content (AvgIpc) is 3.36. The van der Waals surface area contributed by atoms with Crippen molar-refractivity contribution in [2.45, 2.75) is 25.4 Å². The van der Waals surface area contributed by atoms with Crippen LogP contribution in [0.1, 0.15) is 29.5 Å². The van der Waals surface area contributed by atoms with Crippen molar-refractivity contribution in [3.8, 4) is 0 Å². The maximum Gasteiger partial charge on any atom is 0.290 e. The fourth-order valence-corrected chi connectivity index (χ4v) is 3.55. The highest BCUT2D eigenvalue weighted by molar-refractivity contribution is 6.08. The van der Waals surface area contributed by atoms with Gasteiger partial charge in [-0.25, -0.2) is 0 Å². The van der Waals surface area contributed by atoms with E-state index in [1.54, 1.807) is 36.5 Å². The van der Waals surface area contributed by atoms with Gasteiger partial charge in [-0.15, -0.1) is 0 Å². The number of aliphatic hydroxyl groups excluding tert-OH is 1. The van der Waals surface area contributed by atoms with Gasteiger partial charge >= 0.3 is 0 Å². The van der Waals surface area contributed by atoms with Gasteiger partial charge in [-0.3, -0.25) is 14.6 Å². The van der Waals surface area contributed by atoms with Crippen molar-refractivity contribution >= 4 is 11.7 Å².